The van der Waals surface area contributed by atoms with E-state index in [1.807, 2.05) is 6.92 Å². The van der Waals surface area contributed by atoms with Gasteiger partial charge in [0.15, 0.2) is 0 Å². The first-order valence-electron chi connectivity index (χ1n) is 7.26. The number of nitro benzene ring substituents is 1. The van der Waals surface area contributed by atoms with Crippen molar-refractivity contribution in [2.75, 3.05) is 31.7 Å². The molecule has 0 saturated heterocycles. The quantitative estimate of drug-likeness (QED) is 0.406. The summed E-state index contributed by atoms with van der Waals surface area (Å²) in [6, 6.07) is 4.71. The number of hydrogen-bond acceptors (Lipinski definition) is 5. The van der Waals surface area contributed by atoms with Crippen LogP contribution >= 0.6 is 0 Å². The monoisotopic (exact) mass is 296 g/mol. The Morgan fingerprint density at radius 3 is 2.67 bits per heavy atom. The summed E-state index contributed by atoms with van der Waals surface area (Å²) in [6.45, 7) is 8.58. The summed E-state index contributed by atoms with van der Waals surface area (Å²) in [7, 11) is 0. The summed E-state index contributed by atoms with van der Waals surface area (Å²) < 4.78 is 10.9. The number of nitrogens with zero attached hydrogens (tertiary/aromatic N) is 1. The first-order valence-corrected chi connectivity index (χ1v) is 7.26. The topological polar surface area (TPSA) is 73.6 Å². The number of anilines is 1. The molecule has 1 aromatic rings. The normalized spacial score (nSPS) is 10.7. The molecule has 0 aromatic heterocycles. The molecular weight excluding hydrogens is 272 g/mol. The summed E-state index contributed by atoms with van der Waals surface area (Å²) in [4.78, 5) is 10.5. The largest absolute Gasteiger partial charge is 0.493 e. The Labute approximate surface area is 125 Å². The van der Waals surface area contributed by atoms with E-state index >= 15 is 0 Å². The zero-order chi connectivity index (χ0) is 15.7. The van der Waals surface area contributed by atoms with Gasteiger partial charge in [0.1, 0.15) is 5.75 Å². The molecule has 1 aromatic carbocycles. The molecule has 0 aliphatic carbocycles. The van der Waals surface area contributed by atoms with Crippen LogP contribution in [-0.2, 0) is 4.74 Å². The minimum Gasteiger partial charge on any atom is -0.493 e. The van der Waals surface area contributed by atoms with E-state index in [0.29, 0.717) is 43.7 Å². The Morgan fingerprint density at radius 2 is 2.05 bits per heavy atom. The molecule has 0 amide bonds. The summed E-state index contributed by atoms with van der Waals surface area (Å²) in [5, 5.41) is 14.0. The molecule has 0 atom stereocenters. The van der Waals surface area contributed by atoms with Crippen LogP contribution in [-0.4, -0.2) is 31.3 Å². The van der Waals surface area contributed by atoms with Crippen molar-refractivity contribution in [3.63, 3.8) is 0 Å². The molecule has 0 fully saturated rings. The predicted molar refractivity (Wildman–Crippen MR) is 83.0 cm³/mol. The lowest BCUT2D eigenvalue weighted by molar-refractivity contribution is -0.384. The van der Waals surface area contributed by atoms with Crippen LogP contribution in [0.25, 0.3) is 0 Å². The van der Waals surface area contributed by atoms with Gasteiger partial charge in [-0.25, -0.2) is 0 Å². The summed E-state index contributed by atoms with van der Waals surface area (Å²) in [5.41, 5.74) is 0.692. The molecule has 118 valence electrons. The van der Waals surface area contributed by atoms with Gasteiger partial charge in [0.05, 0.1) is 24.2 Å². The Morgan fingerprint density at radius 1 is 1.29 bits per heavy atom. The van der Waals surface area contributed by atoms with Crippen molar-refractivity contribution < 1.29 is 14.4 Å². The highest BCUT2D eigenvalue weighted by molar-refractivity contribution is 5.56. The maximum Gasteiger partial charge on any atom is 0.275 e. The molecule has 0 heterocycles. The highest BCUT2D eigenvalue weighted by Gasteiger charge is 2.10. The van der Waals surface area contributed by atoms with Gasteiger partial charge in [0, 0.05) is 31.0 Å². The highest BCUT2D eigenvalue weighted by Crippen LogP contribution is 2.26. The molecule has 1 N–H and O–H groups in total. The SMILES string of the molecule is CCCOc1cc(NCCOCC(C)C)cc([N+](=O)[O-])c1. The van der Waals surface area contributed by atoms with Gasteiger partial charge >= 0.3 is 0 Å². The van der Waals surface area contributed by atoms with Gasteiger partial charge in [0.25, 0.3) is 5.69 Å². The number of benzene rings is 1. The third-order valence-electron chi connectivity index (χ3n) is 2.60. The second-order valence-electron chi connectivity index (χ2n) is 5.22. The Hall–Kier alpha value is -1.82. The van der Waals surface area contributed by atoms with Crippen LogP contribution < -0.4 is 10.1 Å². The minimum absolute atomic E-state index is 0.0224. The molecule has 0 unspecified atom stereocenters. The zero-order valence-corrected chi connectivity index (χ0v) is 12.9. The summed E-state index contributed by atoms with van der Waals surface area (Å²) in [5.74, 6) is 1.01. The molecule has 0 radical (unpaired) electrons. The average Bonchev–Trinajstić information content (AvgIpc) is 2.44. The minimum atomic E-state index is -0.417. The van der Waals surface area contributed by atoms with E-state index in [9.17, 15) is 10.1 Å². The van der Waals surface area contributed by atoms with Gasteiger partial charge in [0.2, 0.25) is 0 Å². The van der Waals surface area contributed by atoms with Crippen molar-refractivity contribution in [2.24, 2.45) is 5.92 Å². The lowest BCUT2D eigenvalue weighted by Crippen LogP contribution is -2.12. The number of ether oxygens (including phenoxy) is 2. The van der Waals surface area contributed by atoms with Crippen LogP contribution in [0.1, 0.15) is 27.2 Å². The Balaban J connectivity index is 2.58. The van der Waals surface area contributed by atoms with Crippen molar-refractivity contribution in [3.8, 4) is 5.75 Å². The van der Waals surface area contributed by atoms with E-state index in [1.165, 1.54) is 12.1 Å². The van der Waals surface area contributed by atoms with Gasteiger partial charge in [-0.3, -0.25) is 10.1 Å². The number of rotatable bonds is 10. The van der Waals surface area contributed by atoms with Crippen LogP contribution in [0.3, 0.4) is 0 Å². The fourth-order valence-corrected chi connectivity index (χ4v) is 1.68. The molecule has 0 bridgehead atoms. The average molecular weight is 296 g/mol. The number of nitrogens with one attached hydrogen (secondary N) is 1. The van der Waals surface area contributed by atoms with Crippen molar-refractivity contribution in [2.45, 2.75) is 27.2 Å². The zero-order valence-electron chi connectivity index (χ0n) is 12.9. The number of nitro groups is 1. The van der Waals surface area contributed by atoms with Gasteiger partial charge in [-0.15, -0.1) is 0 Å². The lowest BCUT2D eigenvalue weighted by atomic mass is 10.2. The van der Waals surface area contributed by atoms with Gasteiger partial charge < -0.3 is 14.8 Å². The molecule has 0 aliphatic heterocycles. The Bertz CT molecular complexity index is 449. The second-order valence-corrected chi connectivity index (χ2v) is 5.22. The van der Waals surface area contributed by atoms with Crippen LogP contribution in [0.15, 0.2) is 18.2 Å². The third-order valence-corrected chi connectivity index (χ3v) is 2.60. The maximum absolute atomic E-state index is 10.9. The van der Waals surface area contributed by atoms with E-state index in [2.05, 4.69) is 19.2 Å². The summed E-state index contributed by atoms with van der Waals surface area (Å²) >= 11 is 0. The van der Waals surface area contributed by atoms with Crippen molar-refractivity contribution in [1.82, 2.24) is 0 Å². The summed E-state index contributed by atoms with van der Waals surface area (Å²) in [6.07, 6.45) is 0.856. The van der Waals surface area contributed by atoms with E-state index in [0.717, 1.165) is 6.42 Å². The van der Waals surface area contributed by atoms with Crippen LogP contribution in [0.5, 0.6) is 5.75 Å². The molecule has 0 saturated carbocycles. The molecule has 0 aliphatic rings. The second kappa shape index (κ2) is 9.18. The lowest BCUT2D eigenvalue weighted by Gasteiger charge is -2.11. The molecule has 1 rings (SSSR count). The van der Waals surface area contributed by atoms with Crippen LogP contribution in [0.4, 0.5) is 11.4 Å². The van der Waals surface area contributed by atoms with E-state index in [1.54, 1.807) is 6.07 Å². The van der Waals surface area contributed by atoms with Crippen molar-refractivity contribution in [3.05, 3.63) is 28.3 Å². The third kappa shape index (κ3) is 6.94. The number of hydrogen-bond donors (Lipinski definition) is 1. The van der Waals surface area contributed by atoms with Gasteiger partial charge in [-0.1, -0.05) is 20.8 Å². The molecule has 6 nitrogen and oxygen atoms in total. The molecule has 6 heteroatoms. The maximum atomic E-state index is 10.9. The molecular formula is C15H24N2O4. The van der Waals surface area contributed by atoms with Crippen molar-refractivity contribution in [1.29, 1.82) is 0 Å². The van der Waals surface area contributed by atoms with Crippen LogP contribution in [0, 0.1) is 16.0 Å². The fourth-order valence-electron chi connectivity index (χ4n) is 1.68. The van der Waals surface area contributed by atoms with Crippen LogP contribution in [0.2, 0.25) is 0 Å². The fraction of sp³-hybridized carbons (Fsp3) is 0.600. The van der Waals surface area contributed by atoms with Crippen molar-refractivity contribution >= 4 is 11.4 Å². The van der Waals surface area contributed by atoms with E-state index < -0.39 is 4.92 Å². The van der Waals surface area contributed by atoms with E-state index in [-0.39, 0.29) is 5.69 Å². The van der Waals surface area contributed by atoms with Gasteiger partial charge in [-0.05, 0) is 12.3 Å². The first kappa shape index (κ1) is 17.2. The first-order chi connectivity index (χ1) is 10.0. The predicted octanol–water partition coefficient (Wildman–Crippen LogP) is 3.47. The standard InChI is InChI=1S/C15H24N2O4/c1-4-6-21-15-9-13(8-14(10-15)17(18)19)16-5-7-20-11-12(2)3/h8-10,12,16H,4-7,11H2,1-3H3. The van der Waals surface area contributed by atoms with Gasteiger partial charge in [-0.2, -0.15) is 0 Å². The molecule has 0 spiro atoms. The highest BCUT2D eigenvalue weighted by atomic mass is 16.6. The van der Waals surface area contributed by atoms with E-state index in [4.69, 9.17) is 9.47 Å². The Kier molecular flexibility index (Phi) is 7.53. The molecule has 21 heavy (non-hydrogen) atoms. The number of non-ortho nitro benzene ring substituents is 1. The smallest absolute Gasteiger partial charge is 0.275 e.